The molecule has 7 nitrogen and oxygen atoms in total. The van der Waals surface area contributed by atoms with Gasteiger partial charge in [-0.15, -0.1) is 0 Å². The van der Waals surface area contributed by atoms with Crippen molar-refractivity contribution in [2.24, 2.45) is 0 Å². The van der Waals surface area contributed by atoms with Crippen LogP contribution in [0.1, 0.15) is 18.4 Å². The lowest BCUT2D eigenvalue weighted by Crippen LogP contribution is -2.43. The molecule has 0 unspecified atom stereocenters. The number of aromatic nitrogens is 3. The summed E-state index contributed by atoms with van der Waals surface area (Å²) in [5.41, 5.74) is -0.634. The van der Waals surface area contributed by atoms with Crippen molar-refractivity contribution < 1.29 is 13.6 Å². The molecule has 4 aromatic rings. The summed E-state index contributed by atoms with van der Waals surface area (Å²) in [6, 6.07) is 15.3. The van der Waals surface area contributed by atoms with E-state index in [1.54, 1.807) is 29.2 Å². The number of hydrogen-bond donors (Lipinski definition) is 0. The van der Waals surface area contributed by atoms with Gasteiger partial charge in [-0.2, -0.15) is 0 Å². The van der Waals surface area contributed by atoms with E-state index in [2.05, 4.69) is 4.98 Å². The Kier molecular flexibility index (Phi) is 5.37. The number of benzene rings is 2. The minimum Gasteiger partial charge on any atom is -0.401 e. The topological polar surface area (TPSA) is 69.4 Å². The van der Waals surface area contributed by atoms with Crippen LogP contribution < -0.4 is 21.0 Å². The second kappa shape index (κ2) is 8.50. The lowest BCUT2D eigenvalue weighted by atomic mass is 10.2. The maximum atomic E-state index is 15.0. The van der Waals surface area contributed by atoms with E-state index in [9.17, 15) is 18.4 Å². The van der Waals surface area contributed by atoms with Crippen LogP contribution in [0.25, 0.3) is 16.7 Å². The van der Waals surface area contributed by atoms with Gasteiger partial charge in [-0.05, 0) is 48.7 Å². The molecular formula is C24H20F2N4O3. The number of nitrogens with zero attached hydrogens (tertiary/aromatic N) is 4. The molecule has 2 aromatic heterocycles. The Bertz CT molecular complexity index is 1430. The molecule has 0 spiro atoms. The Morgan fingerprint density at radius 3 is 2.33 bits per heavy atom. The standard InChI is InChI=1S/C24H20F2N4O3/c25-17-8-10-18(11-9-17)29-21-19(14-20(26)22(27-21)28-12-4-5-13-28)23(31)30(24(29)32)33-15-16-6-2-1-3-7-16/h1-3,6-11,14H,4-5,12-13,15H2. The number of pyridine rings is 1. The van der Waals surface area contributed by atoms with E-state index in [-0.39, 0.29) is 29.1 Å². The fourth-order valence-corrected chi connectivity index (χ4v) is 3.98. The molecule has 2 aromatic carbocycles. The molecule has 0 saturated carbocycles. The third kappa shape index (κ3) is 3.86. The molecule has 0 amide bonds. The number of rotatable bonds is 5. The normalized spacial score (nSPS) is 13.6. The molecule has 1 aliphatic heterocycles. The van der Waals surface area contributed by atoms with Crippen molar-refractivity contribution >= 4 is 16.9 Å². The largest absolute Gasteiger partial charge is 0.401 e. The molecule has 0 radical (unpaired) electrons. The van der Waals surface area contributed by atoms with Crippen molar-refractivity contribution in [1.29, 1.82) is 0 Å². The zero-order valence-corrected chi connectivity index (χ0v) is 17.6. The monoisotopic (exact) mass is 450 g/mol. The van der Waals surface area contributed by atoms with Gasteiger partial charge >= 0.3 is 5.69 Å². The molecular weight excluding hydrogens is 430 g/mol. The molecule has 1 saturated heterocycles. The van der Waals surface area contributed by atoms with Gasteiger partial charge in [-0.1, -0.05) is 35.1 Å². The summed E-state index contributed by atoms with van der Waals surface area (Å²) < 4.78 is 30.3. The van der Waals surface area contributed by atoms with Crippen LogP contribution in [-0.2, 0) is 6.61 Å². The van der Waals surface area contributed by atoms with E-state index in [0.717, 1.165) is 29.0 Å². The van der Waals surface area contributed by atoms with E-state index in [0.29, 0.717) is 17.8 Å². The molecule has 1 fully saturated rings. The van der Waals surface area contributed by atoms with E-state index < -0.39 is 22.9 Å². The Morgan fingerprint density at radius 1 is 0.939 bits per heavy atom. The minimum atomic E-state index is -0.818. The second-order valence-corrected chi connectivity index (χ2v) is 7.81. The first-order valence-electron chi connectivity index (χ1n) is 10.6. The number of anilines is 1. The third-order valence-corrected chi connectivity index (χ3v) is 5.62. The molecule has 0 bridgehead atoms. The quantitative estimate of drug-likeness (QED) is 0.468. The number of halogens is 2. The minimum absolute atomic E-state index is 0.0144. The highest BCUT2D eigenvalue weighted by molar-refractivity contribution is 5.78. The molecule has 168 valence electrons. The van der Waals surface area contributed by atoms with Crippen molar-refractivity contribution in [1.82, 2.24) is 14.3 Å². The average Bonchev–Trinajstić information content (AvgIpc) is 3.36. The highest BCUT2D eigenvalue weighted by atomic mass is 19.1. The van der Waals surface area contributed by atoms with Crippen molar-refractivity contribution in [3.63, 3.8) is 0 Å². The van der Waals surface area contributed by atoms with Gasteiger partial charge in [0.25, 0.3) is 5.56 Å². The molecule has 33 heavy (non-hydrogen) atoms. The lowest BCUT2D eigenvalue weighted by Gasteiger charge is -2.19. The van der Waals surface area contributed by atoms with Crippen molar-refractivity contribution in [2.45, 2.75) is 19.4 Å². The predicted molar refractivity (Wildman–Crippen MR) is 120 cm³/mol. The van der Waals surface area contributed by atoms with Gasteiger partial charge in [0.05, 0.1) is 11.1 Å². The van der Waals surface area contributed by atoms with Crippen LogP contribution in [0.2, 0.25) is 0 Å². The average molecular weight is 450 g/mol. The van der Waals surface area contributed by atoms with Crippen LogP contribution in [0.15, 0.2) is 70.3 Å². The molecule has 9 heteroatoms. The highest BCUT2D eigenvalue weighted by Crippen LogP contribution is 2.24. The highest BCUT2D eigenvalue weighted by Gasteiger charge is 2.23. The van der Waals surface area contributed by atoms with Crippen molar-refractivity contribution in [2.75, 3.05) is 18.0 Å². The van der Waals surface area contributed by atoms with Gasteiger partial charge in [0, 0.05) is 13.1 Å². The van der Waals surface area contributed by atoms with E-state index in [1.165, 1.54) is 24.3 Å². The van der Waals surface area contributed by atoms with Gasteiger partial charge in [0.2, 0.25) is 0 Å². The lowest BCUT2D eigenvalue weighted by molar-refractivity contribution is 0.0789. The number of fused-ring (bicyclic) bond motifs is 1. The zero-order valence-electron chi connectivity index (χ0n) is 17.6. The van der Waals surface area contributed by atoms with Gasteiger partial charge < -0.3 is 9.74 Å². The van der Waals surface area contributed by atoms with Crippen molar-refractivity contribution in [3.8, 4) is 5.69 Å². The van der Waals surface area contributed by atoms with E-state index in [1.807, 2.05) is 6.07 Å². The molecule has 5 rings (SSSR count). The second-order valence-electron chi connectivity index (χ2n) is 7.81. The van der Waals surface area contributed by atoms with Crippen LogP contribution in [0, 0.1) is 11.6 Å². The van der Waals surface area contributed by atoms with Gasteiger partial charge in [0.15, 0.2) is 17.3 Å². The summed E-state index contributed by atoms with van der Waals surface area (Å²) in [6.07, 6.45) is 1.80. The van der Waals surface area contributed by atoms with Crippen LogP contribution in [-0.4, -0.2) is 27.4 Å². The van der Waals surface area contributed by atoms with Crippen LogP contribution in [0.3, 0.4) is 0 Å². The molecule has 0 N–H and O–H groups in total. The van der Waals surface area contributed by atoms with Gasteiger partial charge in [-0.25, -0.2) is 23.1 Å². The van der Waals surface area contributed by atoms with E-state index >= 15 is 0 Å². The van der Waals surface area contributed by atoms with Crippen LogP contribution in [0.5, 0.6) is 0 Å². The van der Waals surface area contributed by atoms with Gasteiger partial charge in [-0.3, -0.25) is 4.79 Å². The van der Waals surface area contributed by atoms with E-state index in [4.69, 9.17) is 4.84 Å². The first-order chi connectivity index (χ1) is 16.0. The Balaban J connectivity index is 1.73. The summed E-state index contributed by atoms with van der Waals surface area (Å²) >= 11 is 0. The number of hydrogen-bond acceptors (Lipinski definition) is 5. The summed E-state index contributed by atoms with van der Waals surface area (Å²) in [5.74, 6) is -1.06. The molecule has 0 atom stereocenters. The fraction of sp³-hybridized carbons (Fsp3) is 0.208. The predicted octanol–water partition coefficient (Wildman–Crippen LogP) is 3.05. The smallest absolute Gasteiger partial charge is 0.370 e. The molecule has 1 aliphatic rings. The fourth-order valence-electron chi connectivity index (χ4n) is 3.98. The van der Waals surface area contributed by atoms with Gasteiger partial charge in [0.1, 0.15) is 12.4 Å². The summed E-state index contributed by atoms with van der Waals surface area (Å²) in [6.45, 7) is 1.22. The third-order valence-electron chi connectivity index (χ3n) is 5.62. The zero-order chi connectivity index (χ0) is 22.9. The summed E-state index contributed by atoms with van der Waals surface area (Å²) in [7, 11) is 0. The first-order valence-corrected chi connectivity index (χ1v) is 10.6. The Morgan fingerprint density at radius 2 is 1.64 bits per heavy atom. The Labute approximate surface area is 187 Å². The van der Waals surface area contributed by atoms with Crippen LogP contribution in [0.4, 0.5) is 14.6 Å². The summed E-state index contributed by atoms with van der Waals surface area (Å²) in [5, 5.41) is -0.118. The maximum absolute atomic E-state index is 15.0. The first kappa shape index (κ1) is 20.9. The molecule has 0 aliphatic carbocycles. The Hall–Kier alpha value is -4.01. The SMILES string of the molecule is O=c1c2cc(F)c(N3CCCC3)nc2n(-c2ccc(F)cc2)c(=O)n1OCc1ccccc1. The van der Waals surface area contributed by atoms with Crippen molar-refractivity contribution in [3.05, 3.63) is 98.7 Å². The van der Waals surface area contributed by atoms with Crippen LogP contribution >= 0.6 is 0 Å². The summed E-state index contributed by atoms with van der Waals surface area (Å²) in [4.78, 5) is 38.2. The maximum Gasteiger partial charge on any atom is 0.370 e. The molecule has 3 heterocycles.